The molecule has 0 spiro atoms. The third kappa shape index (κ3) is 4.81. The maximum atomic E-state index is 2.34. The van der Waals surface area contributed by atoms with Crippen molar-refractivity contribution in [1.29, 1.82) is 0 Å². The molecule has 1 atom stereocenters. The fourth-order valence-electron chi connectivity index (χ4n) is 2.65. The van der Waals surface area contributed by atoms with Crippen molar-refractivity contribution < 1.29 is 45.2 Å². The quantitative estimate of drug-likeness (QED) is 0.573. The van der Waals surface area contributed by atoms with Gasteiger partial charge in [-0.15, -0.1) is 0 Å². The Morgan fingerprint density at radius 3 is 2.50 bits per heavy atom. The molecule has 1 unspecified atom stereocenters. The summed E-state index contributed by atoms with van der Waals surface area (Å²) in [6.07, 6.45) is 15.0. The van der Waals surface area contributed by atoms with E-state index in [9.17, 15) is 0 Å². The van der Waals surface area contributed by atoms with E-state index in [1.54, 1.807) is 9.45 Å². The van der Waals surface area contributed by atoms with E-state index in [1.165, 1.54) is 18.4 Å². The van der Waals surface area contributed by atoms with Gasteiger partial charge in [0.1, 0.15) is 0 Å². The van der Waals surface area contributed by atoms with E-state index in [-0.39, 0.29) is 29.6 Å². The van der Waals surface area contributed by atoms with Gasteiger partial charge in [-0.2, -0.15) is 0 Å². The van der Waals surface area contributed by atoms with E-state index in [0.717, 1.165) is 6.42 Å². The summed E-state index contributed by atoms with van der Waals surface area (Å²) in [5.74, 6) is 0. The third-order valence-electron chi connectivity index (χ3n) is 3.61. The van der Waals surface area contributed by atoms with Crippen LogP contribution in [0.3, 0.4) is 0 Å². The van der Waals surface area contributed by atoms with E-state index >= 15 is 0 Å². The zero-order valence-electron chi connectivity index (χ0n) is 12.2. The first-order valence-electron chi connectivity index (χ1n) is 6.65. The van der Waals surface area contributed by atoms with Gasteiger partial charge in [-0.3, -0.25) is 0 Å². The SMILES string of the molecule is CC1=CC=CCC1(CC1=[C]([Ti+2])CC=C1)SC(C)C.[Cl-].[Cl-]. The molecular formula is C16H21Cl2STi. The fraction of sp³-hybridized carbons (Fsp3) is 0.500. The topological polar surface area (TPSA) is 0 Å². The first-order chi connectivity index (χ1) is 8.53. The Balaban J connectivity index is 0.00000180. The van der Waals surface area contributed by atoms with Crippen LogP contribution in [0, 0.1) is 0 Å². The minimum absolute atomic E-state index is 0. The molecule has 0 fully saturated rings. The van der Waals surface area contributed by atoms with Gasteiger partial charge in [0.15, 0.2) is 0 Å². The van der Waals surface area contributed by atoms with Gasteiger partial charge in [-0.25, -0.2) is 0 Å². The number of hydrogen-bond donors (Lipinski definition) is 0. The molecule has 2 rings (SSSR count). The largest absolute Gasteiger partial charge is 1.00 e. The number of hydrogen-bond acceptors (Lipinski definition) is 1. The second kappa shape index (κ2) is 8.90. The zero-order chi connectivity index (χ0) is 13.2. The Kier molecular flexibility index (Phi) is 9.17. The first-order valence-corrected chi connectivity index (χ1v) is 8.31. The van der Waals surface area contributed by atoms with Crippen molar-refractivity contribution in [2.45, 2.75) is 50.0 Å². The zero-order valence-corrected chi connectivity index (χ0v) is 16.1. The molecule has 4 heteroatoms. The molecular weight excluding hydrogens is 343 g/mol. The third-order valence-corrected chi connectivity index (χ3v) is 5.99. The Bertz CT molecular complexity index is 449. The molecule has 0 nitrogen and oxygen atoms in total. The average molecular weight is 364 g/mol. The molecule has 0 aromatic rings. The van der Waals surface area contributed by atoms with E-state index in [2.05, 4.69) is 83.3 Å². The van der Waals surface area contributed by atoms with Crippen molar-refractivity contribution in [3.05, 3.63) is 45.4 Å². The van der Waals surface area contributed by atoms with Crippen molar-refractivity contribution in [3.8, 4) is 0 Å². The van der Waals surface area contributed by atoms with Crippen LogP contribution < -0.4 is 24.8 Å². The van der Waals surface area contributed by atoms with Gasteiger partial charge in [0, 0.05) is 0 Å². The smallest absolute Gasteiger partial charge is 1.00 e. The van der Waals surface area contributed by atoms with Crippen LogP contribution in [0.4, 0.5) is 0 Å². The van der Waals surface area contributed by atoms with E-state index < -0.39 is 0 Å². The summed E-state index contributed by atoms with van der Waals surface area (Å²) in [5.41, 5.74) is 3.09. The van der Waals surface area contributed by atoms with Crippen LogP contribution in [0.2, 0.25) is 0 Å². The number of allylic oxidation sites excluding steroid dienone is 7. The summed E-state index contributed by atoms with van der Waals surface area (Å²) in [7, 11) is 0. The summed E-state index contributed by atoms with van der Waals surface area (Å²) in [6.45, 7) is 6.92. The van der Waals surface area contributed by atoms with Crippen molar-refractivity contribution in [2.24, 2.45) is 0 Å². The number of thioether (sulfide) groups is 1. The monoisotopic (exact) mass is 363 g/mol. The number of rotatable bonds is 4. The summed E-state index contributed by atoms with van der Waals surface area (Å²) in [4.78, 5) is 0. The maximum absolute atomic E-state index is 2.34. The molecule has 0 amide bonds. The molecule has 0 radical (unpaired) electrons. The molecule has 2 aliphatic carbocycles. The van der Waals surface area contributed by atoms with Gasteiger partial charge in [0.05, 0.1) is 0 Å². The Morgan fingerprint density at radius 2 is 2.00 bits per heavy atom. The van der Waals surface area contributed by atoms with E-state index in [0.29, 0.717) is 5.25 Å². The van der Waals surface area contributed by atoms with E-state index in [4.69, 9.17) is 0 Å². The van der Waals surface area contributed by atoms with Gasteiger partial charge in [0.2, 0.25) is 0 Å². The molecule has 0 bridgehead atoms. The molecule has 0 N–H and O–H groups in total. The van der Waals surface area contributed by atoms with Crippen molar-refractivity contribution in [2.75, 3.05) is 0 Å². The fourth-order valence-corrected chi connectivity index (χ4v) is 4.69. The predicted molar refractivity (Wildman–Crippen MR) is 78.4 cm³/mol. The molecule has 0 saturated heterocycles. The van der Waals surface area contributed by atoms with Crippen molar-refractivity contribution in [1.82, 2.24) is 0 Å². The number of halogens is 2. The van der Waals surface area contributed by atoms with Gasteiger partial charge in [-0.1, -0.05) is 0 Å². The Hall–Kier alpha value is 0.604. The summed E-state index contributed by atoms with van der Waals surface area (Å²) in [6, 6.07) is 0. The van der Waals surface area contributed by atoms with Crippen molar-refractivity contribution >= 4 is 11.8 Å². The second-order valence-corrected chi connectivity index (χ2v) is 8.33. The molecule has 0 aromatic carbocycles. The average Bonchev–Trinajstić information content (AvgIpc) is 2.68. The molecule has 109 valence electrons. The molecule has 20 heavy (non-hydrogen) atoms. The van der Waals surface area contributed by atoms with Gasteiger partial charge in [0.25, 0.3) is 0 Å². The molecule has 0 heterocycles. The van der Waals surface area contributed by atoms with Crippen LogP contribution in [0.25, 0.3) is 0 Å². The normalized spacial score (nSPS) is 24.6. The Labute approximate surface area is 151 Å². The maximum Gasteiger partial charge on any atom is -1.00 e. The Morgan fingerprint density at radius 1 is 1.30 bits per heavy atom. The molecule has 0 saturated carbocycles. The van der Waals surface area contributed by atoms with E-state index in [1.807, 2.05) is 0 Å². The summed E-state index contributed by atoms with van der Waals surface area (Å²) in [5, 5.41) is 0.672. The van der Waals surface area contributed by atoms with Crippen LogP contribution in [-0.4, -0.2) is 10.00 Å². The van der Waals surface area contributed by atoms with Gasteiger partial charge >= 0.3 is 128 Å². The van der Waals surface area contributed by atoms with Crippen LogP contribution in [-0.2, 0) is 20.4 Å². The summed E-state index contributed by atoms with van der Waals surface area (Å²) >= 11 is 4.41. The van der Waals surface area contributed by atoms with Crippen LogP contribution in [0.5, 0.6) is 0 Å². The second-order valence-electron chi connectivity index (χ2n) is 5.43. The summed E-state index contributed by atoms with van der Waals surface area (Å²) < 4.78 is 1.84. The minimum atomic E-state index is 0. The van der Waals surface area contributed by atoms with Gasteiger partial charge in [-0.05, 0) is 0 Å². The first kappa shape index (κ1) is 20.6. The van der Waals surface area contributed by atoms with Crippen LogP contribution in [0.15, 0.2) is 45.4 Å². The predicted octanol–water partition coefficient (Wildman–Crippen LogP) is -1.07. The molecule has 2 aliphatic rings. The molecule has 0 aromatic heterocycles. The van der Waals surface area contributed by atoms with Crippen LogP contribution >= 0.6 is 11.8 Å². The standard InChI is InChI=1S/C16H21S.2ClH.Ti/c1-13(2)17-16(11-7-6-8-14(16)3)12-15-9-4-5-10-15;;;/h4,6-9,13H,5,11-12H2,1-3H3;2*1H;/q;;;+2/p-2. The molecule has 0 aliphatic heterocycles. The van der Waals surface area contributed by atoms with Crippen LogP contribution in [0.1, 0.15) is 40.0 Å². The van der Waals surface area contributed by atoms with Crippen molar-refractivity contribution in [3.63, 3.8) is 0 Å². The minimum Gasteiger partial charge on any atom is -1.00 e. The van der Waals surface area contributed by atoms with Gasteiger partial charge < -0.3 is 24.8 Å².